The Morgan fingerprint density at radius 2 is 1.90 bits per heavy atom. The molecule has 1 aliphatic carbocycles. The van der Waals surface area contributed by atoms with E-state index in [4.69, 9.17) is 19.3 Å². The predicted molar refractivity (Wildman–Crippen MR) is 113 cm³/mol. The highest BCUT2D eigenvalue weighted by Gasteiger charge is 2.40. The summed E-state index contributed by atoms with van der Waals surface area (Å²) >= 11 is 0. The van der Waals surface area contributed by atoms with Crippen molar-refractivity contribution in [3.63, 3.8) is 0 Å². The predicted octanol–water partition coefficient (Wildman–Crippen LogP) is 4.50. The molecule has 3 aliphatic rings. The maximum absolute atomic E-state index is 13.0. The minimum Gasteiger partial charge on any atom is -0.454 e. The van der Waals surface area contributed by atoms with Crippen LogP contribution in [-0.2, 0) is 11.3 Å². The van der Waals surface area contributed by atoms with Gasteiger partial charge in [0.25, 0.3) is 0 Å². The van der Waals surface area contributed by atoms with E-state index in [-0.39, 0.29) is 18.5 Å². The number of rotatable bonds is 3. The van der Waals surface area contributed by atoms with Crippen molar-refractivity contribution in [3.05, 3.63) is 82.2 Å². The van der Waals surface area contributed by atoms with Crippen LogP contribution < -0.4 is 14.2 Å². The Morgan fingerprint density at radius 1 is 1.06 bits per heavy atom. The third-order valence-electron chi connectivity index (χ3n) is 6.24. The highest BCUT2D eigenvalue weighted by Crippen LogP contribution is 2.49. The summed E-state index contributed by atoms with van der Waals surface area (Å²) < 4.78 is 19.4. The summed E-state index contributed by atoms with van der Waals surface area (Å²) in [4.78, 5) is 13.0. The zero-order valence-corrected chi connectivity index (χ0v) is 17.3. The number of aryl methyl sites for hydroxylation is 1. The number of carbonyl (C=O) groups excluding carboxylic acids is 1. The molecule has 156 valence electrons. The van der Waals surface area contributed by atoms with E-state index in [1.54, 1.807) is 0 Å². The van der Waals surface area contributed by atoms with Crippen LogP contribution in [0.1, 0.15) is 47.6 Å². The molecule has 3 heterocycles. The SMILES string of the molecule is Cc1nn(Cc2ccccc2)c2c1C(c1ccc3c(c1)OCO3)C1=C(CCCC1=O)O2. The Bertz CT molecular complexity index is 1230. The molecule has 0 fully saturated rings. The lowest BCUT2D eigenvalue weighted by atomic mass is 9.77. The molecule has 0 radical (unpaired) electrons. The smallest absolute Gasteiger partial charge is 0.231 e. The van der Waals surface area contributed by atoms with Gasteiger partial charge in [-0.15, -0.1) is 0 Å². The van der Waals surface area contributed by atoms with Crippen LogP contribution >= 0.6 is 0 Å². The minimum atomic E-state index is -0.217. The van der Waals surface area contributed by atoms with Crippen molar-refractivity contribution < 1.29 is 19.0 Å². The third-order valence-corrected chi connectivity index (χ3v) is 6.24. The lowest BCUT2D eigenvalue weighted by Crippen LogP contribution is -2.26. The Kier molecular flexibility index (Phi) is 4.13. The summed E-state index contributed by atoms with van der Waals surface area (Å²) in [5.74, 6) is 2.90. The Hall–Kier alpha value is -3.54. The van der Waals surface area contributed by atoms with Crippen molar-refractivity contribution in [2.45, 2.75) is 38.6 Å². The van der Waals surface area contributed by atoms with Crippen LogP contribution in [0.5, 0.6) is 17.4 Å². The van der Waals surface area contributed by atoms with Crippen molar-refractivity contribution in [1.29, 1.82) is 0 Å². The number of hydrogen-bond donors (Lipinski definition) is 0. The lowest BCUT2D eigenvalue weighted by molar-refractivity contribution is -0.116. The van der Waals surface area contributed by atoms with Crippen LogP contribution in [0.3, 0.4) is 0 Å². The molecule has 0 saturated heterocycles. The summed E-state index contributed by atoms with van der Waals surface area (Å²) in [6.45, 7) is 2.82. The lowest BCUT2D eigenvalue weighted by Gasteiger charge is -2.31. The summed E-state index contributed by atoms with van der Waals surface area (Å²) in [5.41, 5.74) is 4.75. The van der Waals surface area contributed by atoms with Gasteiger partial charge in [0.1, 0.15) is 5.76 Å². The maximum Gasteiger partial charge on any atom is 0.231 e. The van der Waals surface area contributed by atoms with Crippen LogP contribution in [-0.4, -0.2) is 22.4 Å². The molecule has 0 spiro atoms. The molecule has 0 bridgehead atoms. The van der Waals surface area contributed by atoms with Crippen LogP contribution in [0, 0.1) is 6.92 Å². The van der Waals surface area contributed by atoms with Gasteiger partial charge in [0.15, 0.2) is 17.3 Å². The molecule has 2 aliphatic heterocycles. The van der Waals surface area contributed by atoms with E-state index in [0.717, 1.165) is 58.2 Å². The molecule has 1 aromatic heterocycles. The van der Waals surface area contributed by atoms with E-state index >= 15 is 0 Å². The van der Waals surface area contributed by atoms with Crippen molar-refractivity contribution >= 4 is 5.78 Å². The van der Waals surface area contributed by atoms with E-state index in [0.29, 0.717) is 18.7 Å². The second-order valence-electron chi connectivity index (χ2n) is 8.21. The van der Waals surface area contributed by atoms with E-state index < -0.39 is 0 Å². The molecule has 2 aromatic carbocycles. The van der Waals surface area contributed by atoms with Crippen LogP contribution in [0.2, 0.25) is 0 Å². The first kappa shape index (κ1) is 18.2. The topological polar surface area (TPSA) is 62.6 Å². The maximum atomic E-state index is 13.0. The van der Waals surface area contributed by atoms with Gasteiger partial charge in [0.2, 0.25) is 12.7 Å². The van der Waals surface area contributed by atoms with Crippen molar-refractivity contribution in [2.75, 3.05) is 6.79 Å². The molecule has 0 saturated carbocycles. The average Bonchev–Trinajstić information content (AvgIpc) is 3.37. The van der Waals surface area contributed by atoms with Gasteiger partial charge in [-0.1, -0.05) is 36.4 Å². The normalized spacial score (nSPS) is 19.1. The first-order valence-corrected chi connectivity index (χ1v) is 10.6. The molecular formula is C25H22N2O4. The largest absolute Gasteiger partial charge is 0.454 e. The molecule has 6 rings (SSSR count). The Labute approximate surface area is 180 Å². The number of Topliss-reactive ketones (excluding diaryl/α,β-unsaturated/α-hetero) is 1. The zero-order chi connectivity index (χ0) is 20.9. The zero-order valence-electron chi connectivity index (χ0n) is 17.3. The van der Waals surface area contributed by atoms with Crippen molar-refractivity contribution in [1.82, 2.24) is 9.78 Å². The van der Waals surface area contributed by atoms with E-state index in [1.807, 2.05) is 48.0 Å². The molecule has 6 heteroatoms. The standard InChI is InChI=1S/C25H22N2O4/c1-15-22-23(17-10-11-19-21(12-17)30-14-29-19)24-18(28)8-5-9-20(24)31-25(22)27(26-15)13-16-6-3-2-4-7-16/h2-4,6-7,10-12,23H,5,8-9,13-14H2,1H3. The highest BCUT2D eigenvalue weighted by molar-refractivity contribution is 5.99. The number of benzene rings is 2. The molecule has 1 atom stereocenters. The second kappa shape index (κ2) is 7.01. The summed E-state index contributed by atoms with van der Waals surface area (Å²) in [7, 11) is 0. The van der Waals surface area contributed by atoms with Crippen LogP contribution in [0.4, 0.5) is 0 Å². The van der Waals surface area contributed by atoms with Gasteiger partial charge in [-0.25, -0.2) is 4.68 Å². The number of aromatic nitrogens is 2. The molecule has 0 N–H and O–H groups in total. The quantitative estimate of drug-likeness (QED) is 0.632. The highest BCUT2D eigenvalue weighted by atomic mass is 16.7. The first-order chi connectivity index (χ1) is 15.2. The fourth-order valence-electron chi connectivity index (χ4n) is 4.83. The van der Waals surface area contributed by atoms with Gasteiger partial charge >= 0.3 is 0 Å². The minimum absolute atomic E-state index is 0.157. The number of hydrogen-bond acceptors (Lipinski definition) is 5. The first-order valence-electron chi connectivity index (χ1n) is 10.6. The van der Waals surface area contributed by atoms with Gasteiger partial charge < -0.3 is 14.2 Å². The molecule has 0 amide bonds. The monoisotopic (exact) mass is 414 g/mol. The molecular weight excluding hydrogens is 392 g/mol. The Morgan fingerprint density at radius 3 is 2.77 bits per heavy atom. The van der Waals surface area contributed by atoms with Crippen LogP contribution in [0.25, 0.3) is 0 Å². The second-order valence-corrected chi connectivity index (χ2v) is 8.21. The molecule has 6 nitrogen and oxygen atoms in total. The third kappa shape index (κ3) is 2.93. The van der Waals surface area contributed by atoms with Crippen LogP contribution in [0.15, 0.2) is 59.9 Å². The van der Waals surface area contributed by atoms with E-state index in [9.17, 15) is 4.79 Å². The van der Waals surface area contributed by atoms with E-state index in [1.165, 1.54) is 0 Å². The Balaban J connectivity index is 1.51. The summed E-state index contributed by atoms with van der Waals surface area (Å²) in [6.07, 6.45) is 2.12. The number of ketones is 1. The van der Waals surface area contributed by atoms with Gasteiger partial charge in [0.05, 0.1) is 12.2 Å². The summed E-state index contributed by atoms with van der Waals surface area (Å²) in [5, 5.41) is 4.82. The number of allylic oxidation sites excluding steroid dienone is 2. The number of fused-ring (bicyclic) bond motifs is 2. The van der Waals surface area contributed by atoms with Gasteiger partial charge in [-0.2, -0.15) is 5.10 Å². The fourth-order valence-corrected chi connectivity index (χ4v) is 4.83. The van der Waals surface area contributed by atoms with E-state index in [2.05, 4.69) is 12.1 Å². The summed E-state index contributed by atoms with van der Waals surface area (Å²) in [6, 6.07) is 16.1. The van der Waals surface area contributed by atoms with Crippen molar-refractivity contribution in [3.8, 4) is 17.4 Å². The van der Waals surface area contributed by atoms with Crippen molar-refractivity contribution in [2.24, 2.45) is 0 Å². The van der Waals surface area contributed by atoms with Gasteiger partial charge in [0, 0.05) is 29.9 Å². The molecule has 3 aromatic rings. The fraction of sp³-hybridized carbons (Fsp3) is 0.280. The molecule has 1 unspecified atom stereocenters. The number of nitrogens with zero attached hydrogens (tertiary/aromatic N) is 2. The number of ether oxygens (including phenoxy) is 3. The molecule has 31 heavy (non-hydrogen) atoms. The van der Waals surface area contributed by atoms with Gasteiger partial charge in [-0.3, -0.25) is 4.79 Å². The number of carbonyl (C=O) groups is 1. The van der Waals surface area contributed by atoms with Gasteiger partial charge in [-0.05, 0) is 36.6 Å². The average molecular weight is 414 g/mol.